The molecular weight excluding hydrogens is 465 g/mol. The number of nitrogens with two attached hydrogens (primary N) is 1. The van der Waals surface area contributed by atoms with Gasteiger partial charge in [-0.2, -0.15) is 0 Å². The molecule has 1 unspecified atom stereocenters. The number of anilines is 2. The zero-order valence-corrected chi connectivity index (χ0v) is 19.9. The number of rotatable bonds is 4. The van der Waals surface area contributed by atoms with E-state index in [0.717, 1.165) is 10.9 Å². The van der Waals surface area contributed by atoms with E-state index in [4.69, 9.17) is 17.3 Å². The van der Waals surface area contributed by atoms with Crippen LogP contribution in [0.3, 0.4) is 0 Å². The Labute approximate surface area is 196 Å². The maximum Gasteiger partial charge on any atom is 0.165 e. The van der Waals surface area contributed by atoms with Crippen LogP contribution in [0.2, 0.25) is 5.02 Å². The molecule has 4 rings (SSSR count). The molecule has 33 heavy (non-hydrogen) atoms. The van der Waals surface area contributed by atoms with Gasteiger partial charge in [-0.25, -0.2) is 17.8 Å². The molecule has 1 atom stereocenters. The van der Waals surface area contributed by atoms with Crippen molar-refractivity contribution in [1.29, 1.82) is 0 Å². The Morgan fingerprint density at radius 1 is 1.21 bits per heavy atom. The van der Waals surface area contributed by atoms with E-state index in [-0.39, 0.29) is 17.2 Å². The molecule has 3 aromatic rings. The average Bonchev–Trinajstić information content (AvgIpc) is 2.73. The lowest BCUT2D eigenvalue weighted by molar-refractivity contribution is 0.476. The summed E-state index contributed by atoms with van der Waals surface area (Å²) in [6.45, 7) is 8.34. The number of pyridine rings is 2. The number of sulfone groups is 1. The van der Waals surface area contributed by atoms with Gasteiger partial charge in [-0.3, -0.25) is 9.98 Å². The molecule has 1 aromatic carbocycles. The summed E-state index contributed by atoms with van der Waals surface area (Å²) in [6.07, 6.45) is 4.79. The Morgan fingerprint density at radius 2 is 1.94 bits per heavy atom. The largest absolute Gasteiger partial charge is 0.386 e. The van der Waals surface area contributed by atoms with Crippen molar-refractivity contribution in [3.8, 4) is 0 Å². The van der Waals surface area contributed by atoms with Gasteiger partial charge >= 0.3 is 0 Å². The van der Waals surface area contributed by atoms with Crippen molar-refractivity contribution in [2.75, 3.05) is 11.1 Å². The fraction of sp³-hybridized carbons (Fsp3) is 0.261. The quantitative estimate of drug-likeness (QED) is 0.557. The number of amidine groups is 1. The van der Waals surface area contributed by atoms with Gasteiger partial charge in [0.15, 0.2) is 15.7 Å². The van der Waals surface area contributed by atoms with Crippen molar-refractivity contribution >= 4 is 55.8 Å². The van der Waals surface area contributed by atoms with E-state index < -0.39 is 25.9 Å². The van der Waals surface area contributed by atoms with Crippen molar-refractivity contribution < 1.29 is 12.8 Å². The molecule has 0 amide bonds. The molecule has 7 nitrogen and oxygen atoms in total. The molecule has 172 valence electrons. The normalized spacial score (nSPS) is 21.4. The molecule has 0 bridgehead atoms. The average molecular weight is 488 g/mol. The highest BCUT2D eigenvalue weighted by Crippen LogP contribution is 2.39. The molecule has 1 aliphatic rings. The van der Waals surface area contributed by atoms with Gasteiger partial charge in [0.25, 0.3) is 0 Å². The summed E-state index contributed by atoms with van der Waals surface area (Å²) in [7, 11) is -3.68. The second kappa shape index (κ2) is 7.78. The zero-order valence-electron chi connectivity index (χ0n) is 18.4. The minimum atomic E-state index is -3.68. The van der Waals surface area contributed by atoms with Crippen LogP contribution in [0.1, 0.15) is 31.9 Å². The first kappa shape index (κ1) is 23.1. The summed E-state index contributed by atoms with van der Waals surface area (Å²) in [6, 6.07) is 6.06. The molecule has 3 heterocycles. The van der Waals surface area contributed by atoms with Gasteiger partial charge in [0, 0.05) is 34.6 Å². The van der Waals surface area contributed by atoms with Crippen molar-refractivity contribution in [3.63, 3.8) is 0 Å². The Morgan fingerprint density at radius 3 is 2.61 bits per heavy atom. The first-order valence-electron chi connectivity index (χ1n) is 10.1. The van der Waals surface area contributed by atoms with E-state index in [1.165, 1.54) is 38.2 Å². The number of hydrogen-bond donors (Lipinski definition) is 2. The molecule has 0 aliphatic carbocycles. The first-order valence-corrected chi connectivity index (χ1v) is 12.1. The van der Waals surface area contributed by atoms with Gasteiger partial charge in [0.2, 0.25) is 0 Å². The number of aliphatic imine (C=N–C) groups is 1. The highest BCUT2D eigenvalue weighted by Gasteiger charge is 2.49. The lowest BCUT2D eigenvalue weighted by Gasteiger charge is -2.38. The molecular formula is C23H23ClFN5O2S. The highest BCUT2D eigenvalue weighted by atomic mass is 35.5. The van der Waals surface area contributed by atoms with E-state index in [9.17, 15) is 12.8 Å². The van der Waals surface area contributed by atoms with Crippen LogP contribution in [-0.4, -0.2) is 34.7 Å². The number of nitrogens with zero attached hydrogens (tertiary/aromatic N) is 3. The summed E-state index contributed by atoms with van der Waals surface area (Å²) in [5.74, 6) is -0.582. The van der Waals surface area contributed by atoms with Crippen molar-refractivity contribution in [2.24, 2.45) is 10.7 Å². The minimum Gasteiger partial charge on any atom is -0.386 e. The van der Waals surface area contributed by atoms with E-state index in [1.54, 1.807) is 25.3 Å². The molecule has 0 fully saturated rings. The molecule has 3 N–H and O–H groups in total. The lowest BCUT2D eigenvalue weighted by atomic mass is 9.92. The number of benzene rings is 1. The number of halogens is 2. The van der Waals surface area contributed by atoms with Crippen LogP contribution >= 0.6 is 11.6 Å². The third-order valence-corrected chi connectivity index (χ3v) is 8.90. The van der Waals surface area contributed by atoms with E-state index in [2.05, 4.69) is 26.9 Å². The van der Waals surface area contributed by atoms with Gasteiger partial charge < -0.3 is 11.1 Å². The van der Waals surface area contributed by atoms with E-state index in [1.807, 2.05) is 0 Å². The van der Waals surface area contributed by atoms with Gasteiger partial charge in [-0.15, -0.1) is 0 Å². The van der Waals surface area contributed by atoms with Crippen molar-refractivity contribution in [2.45, 2.75) is 31.1 Å². The Kier molecular flexibility index (Phi) is 5.45. The fourth-order valence-electron chi connectivity index (χ4n) is 3.80. The first-order chi connectivity index (χ1) is 15.4. The Balaban J connectivity index is 1.80. The van der Waals surface area contributed by atoms with Crippen LogP contribution in [0.15, 0.2) is 48.2 Å². The second-order valence-electron chi connectivity index (χ2n) is 8.68. The number of aromatic nitrogens is 2. The fourth-order valence-corrected chi connectivity index (χ4v) is 5.64. The molecule has 0 saturated carbocycles. The van der Waals surface area contributed by atoms with Crippen LogP contribution in [0.25, 0.3) is 17.0 Å². The van der Waals surface area contributed by atoms with Crippen LogP contribution in [0.5, 0.6) is 0 Å². The van der Waals surface area contributed by atoms with Crippen LogP contribution < -0.4 is 11.1 Å². The van der Waals surface area contributed by atoms with Crippen molar-refractivity contribution in [1.82, 2.24) is 9.97 Å². The highest BCUT2D eigenvalue weighted by molar-refractivity contribution is 7.93. The maximum absolute atomic E-state index is 14.9. The lowest BCUT2D eigenvalue weighted by Crippen LogP contribution is -2.54. The predicted octanol–water partition coefficient (Wildman–Crippen LogP) is 4.59. The number of nitrogens with one attached hydrogen (secondary N) is 1. The molecule has 0 spiro atoms. The predicted molar refractivity (Wildman–Crippen MR) is 131 cm³/mol. The zero-order chi connectivity index (χ0) is 24.2. The van der Waals surface area contributed by atoms with E-state index >= 15 is 0 Å². The minimum absolute atomic E-state index is 0.0530. The third kappa shape index (κ3) is 3.85. The number of fused-ring (bicyclic) bond motifs is 1. The van der Waals surface area contributed by atoms with Gasteiger partial charge in [-0.05, 0) is 45.0 Å². The molecule has 0 radical (unpaired) electrons. The Bertz CT molecular complexity index is 1440. The Hall–Kier alpha value is -3.04. The molecule has 2 aromatic heterocycles. The summed E-state index contributed by atoms with van der Waals surface area (Å²) in [4.78, 5) is 13.2. The maximum atomic E-state index is 14.9. The summed E-state index contributed by atoms with van der Waals surface area (Å²) < 4.78 is 39.4. The smallest absolute Gasteiger partial charge is 0.165 e. The molecule has 1 aliphatic heterocycles. The molecule has 10 heteroatoms. The van der Waals surface area contributed by atoms with Crippen LogP contribution in [-0.2, 0) is 15.4 Å². The SMILES string of the molecule is C=Cc1cnc(Nc2ccc(F)c(C3(C)CS(=O)(=O)C(C)(C)C(N)=N3)c2)c2ncc(Cl)cc12. The topological polar surface area (TPSA) is 110 Å². The van der Waals surface area contributed by atoms with Gasteiger partial charge in [0.05, 0.1) is 10.8 Å². The second-order valence-corrected chi connectivity index (χ2v) is 11.7. The number of hydrogen-bond acceptors (Lipinski definition) is 7. The van der Waals surface area contributed by atoms with Gasteiger partial charge in [0.1, 0.15) is 27.5 Å². The monoisotopic (exact) mass is 487 g/mol. The van der Waals surface area contributed by atoms with Crippen molar-refractivity contribution in [3.05, 3.63) is 65.2 Å². The van der Waals surface area contributed by atoms with Gasteiger partial charge in [-0.1, -0.05) is 24.3 Å². The third-order valence-electron chi connectivity index (χ3n) is 5.98. The summed E-state index contributed by atoms with van der Waals surface area (Å²) >= 11 is 6.10. The molecule has 0 saturated heterocycles. The summed E-state index contributed by atoms with van der Waals surface area (Å²) in [5, 5.41) is 4.36. The standard InChI is InChI=1S/C23H23ClFN5O2S/c1-5-13-10-28-20(19-16(13)8-14(24)11-27-19)29-15-6-7-18(25)17(9-15)23(4)12-33(31,32)22(2,3)21(26)30-23/h5-11H,1,12H2,2-4H3,(H2,26,30)(H,28,29). The van der Waals surface area contributed by atoms with Crippen LogP contribution in [0, 0.1) is 5.82 Å². The van der Waals surface area contributed by atoms with E-state index in [0.29, 0.717) is 22.0 Å². The summed E-state index contributed by atoms with van der Waals surface area (Å²) in [5.41, 5.74) is 6.54. The van der Waals surface area contributed by atoms with Crippen LogP contribution in [0.4, 0.5) is 15.9 Å².